The van der Waals surface area contributed by atoms with E-state index in [9.17, 15) is 4.79 Å². The van der Waals surface area contributed by atoms with Crippen LogP contribution in [0.15, 0.2) is 41.8 Å². The Hall–Kier alpha value is -1.76. The third-order valence-electron chi connectivity index (χ3n) is 3.89. The molecule has 1 aliphatic rings. The van der Waals surface area contributed by atoms with Gasteiger partial charge in [-0.2, -0.15) is 5.10 Å². The molecule has 0 fully saturated rings. The minimum Gasteiger partial charge on any atom is -0.310 e. The molecule has 0 unspecified atom stereocenters. The van der Waals surface area contributed by atoms with Crippen molar-refractivity contribution in [2.45, 2.75) is 12.2 Å². The van der Waals surface area contributed by atoms with Gasteiger partial charge in [-0.1, -0.05) is 29.8 Å². The molecular formula is C17H14ClN3OS2. The Morgan fingerprint density at radius 1 is 1.29 bits per heavy atom. The van der Waals surface area contributed by atoms with E-state index in [-0.39, 0.29) is 11.2 Å². The van der Waals surface area contributed by atoms with Crippen LogP contribution in [-0.2, 0) is 4.79 Å². The molecule has 1 aromatic carbocycles. The summed E-state index contributed by atoms with van der Waals surface area (Å²) in [5.41, 5.74) is 2.71. The van der Waals surface area contributed by atoms with E-state index in [0.29, 0.717) is 16.6 Å². The molecule has 0 saturated heterocycles. The number of anilines is 1. The zero-order chi connectivity index (χ0) is 16.7. The van der Waals surface area contributed by atoms with Crippen LogP contribution in [0.25, 0.3) is 5.69 Å². The molecule has 3 heterocycles. The summed E-state index contributed by atoms with van der Waals surface area (Å²) in [5, 5.41) is 10.4. The fourth-order valence-electron chi connectivity index (χ4n) is 2.85. The number of para-hydroxylation sites is 1. The van der Waals surface area contributed by atoms with E-state index in [1.807, 2.05) is 37.3 Å². The lowest BCUT2D eigenvalue weighted by Gasteiger charge is -2.13. The number of aromatic nitrogens is 2. The van der Waals surface area contributed by atoms with Crippen molar-refractivity contribution in [3.63, 3.8) is 0 Å². The Kier molecular flexibility index (Phi) is 4.12. The number of fused-ring (bicyclic) bond motifs is 1. The van der Waals surface area contributed by atoms with Crippen molar-refractivity contribution in [2.24, 2.45) is 0 Å². The number of carbonyl (C=O) groups excluding carboxylic acids is 1. The number of hydrogen-bond acceptors (Lipinski definition) is 4. The summed E-state index contributed by atoms with van der Waals surface area (Å²) < 4.78 is 1.75. The number of nitrogens with zero attached hydrogens (tertiary/aromatic N) is 2. The van der Waals surface area contributed by atoms with Gasteiger partial charge in [0, 0.05) is 10.4 Å². The highest BCUT2D eigenvalue weighted by atomic mass is 35.5. The molecule has 7 heteroatoms. The molecule has 0 saturated carbocycles. The monoisotopic (exact) mass is 375 g/mol. The number of rotatable bonds is 2. The van der Waals surface area contributed by atoms with Crippen LogP contribution in [0.5, 0.6) is 0 Å². The molecule has 1 N–H and O–H groups in total. The second-order valence-electron chi connectivity index (χ2n) is 5.47. The molecule has 0 aliphatic carbocycles. The van der Waals surface area contributed by atoms with E-state index in [4.69, 9.17) is 11.6 Å². The molecule has 0 radical (unpaired) electrons. The van der Waals surface area contributed by atoms with Gasteiger partial charge in [0.05, 0.1) is 27.4 Å². The number of nitrogens with one attached hydrogen (secondary N) is 1. The third-order valence-corrected chi connectivity index (χ3v) is 6.55. The smallest absolute Gasteiger partial charge is 0.235 e. The molecule has 1 aliphatic heterocycles. The van der Waals surface area contributed by atoms with E-state index >= 15 is 0 Å². The number of amides is 1. The van der Waals surface area contributed by atoms with Crippen molar-refractivity contribution in [3.8, 4) is 5.69 Å². The Balaban J connectivity index is 1.93. The molecule has 1 amide bonds. The lowest BCUT2D eigenvalue weighted by molar-refractivity contribution is -0.113. The van der Waals surface area contributed by atoms with Crippen LogP contribution in [0.3, 0.4) is 0 Å². The first-order valence-electron chi connectivity index (χ1n) is 7.44. The summed E-state index contributed by atoms with van der Waals surface area (Å²) in [6.45, 7) is 1.98. The van der Waals surface area contributed by atoms with Gasteiger partial charge in [-0.3, -0.25) is 4.79 Å². The molecule has 122 valence electrons. The fraction of sp³-hybridized carbons (Fsp3) is 0.176. The molecule has 2 aromatic heterocycles. The van der Waals surface area contributed by atoms with Crippen LogP contribution in [0, 0.1) is 6.92 Å². The summed E-state index contributed by atoms with van der Waals surface area (Å²) in [7, 11) is 0. The minimum atomic E-state index is -0.0199. The highest BCUT2D eigenvalue weighted by Gasteiger charge is 2.31. The second kappa shape index (κ2) is 6.27. The summed E-state index contributed by atoms with van der Waals surface area (Å²) in [4.78, 5) is 13.5. The van der Waals surface area contributed by atoms with Crippen molar-refractivity contribution in [2.75, 3.05) is 11.1 Å². The summed E-state index contributed by atoms with van der Waals surface area (Å²) >= 11 is 9.68. The number of thioether (sulfide) groups is 1. The Morgan fingerprint density at radius 3 is 2.88 bits per heavy atom. The predicted molar refractivity (Wildman–Crippen MR) is 101 cm³/mol. The van der Waals surface area contributed by atoms with Gasteiger partial charge < -0.3 is 5.32 Å². The number of aryl methyl sites for hydroxylation is 1. The highest BCUT2D eigenvalue weighted by Crippen LogP contribution is 2.45. The first-order valence-corrected chi connectivity index (χ1v) is 9.75. The van der Waals surface area contributed by atoms with E-state index < -0.39 is 0 Å². The normalized spacial score (nSPS) is 17.2. The highest BCUT2D eigenvalue weighted by molar-refractivity contribution is 8.00. The van der Waals surface area contributed by atoms with Gasteiger partial charge in [-0.15, -0.1) is 23.1 Å². The number of benzene rings is 1. The number of thiophene rings is 1. The van der Waals surface area contributed by atoms with Crippen LogP contribution >= 0.6 is 34.7 Å². The Morgan fingerprint density at radius 2 is 2.12 bits per heavy atom. The molecule has 4 nitrogen and oxygen atoms in total. The topological polar surface area (TPSA) is 46.9 Å². The van der Waals surface area contributed by atoms with Gasteiger partial charge in [0.2, 0.25) is 5.91 Å². The van der Waals surface area contributed by atoms with E-state index in [1.54, 1.807) is 27.8 Å². The number of carbonyl (C=O) groups is 1. The SMILES string of the molecule is Cc1nn(-c2ccccc2Cl)c2c1[C@@H](c1cccs1)SCC(=O)N2. The van der Waals surface area contributed by atoms with Gasteiger partial charge in [-0.25, -0.2) is 4.68 Å². The van der Waals surface area contributed by atoms with Crippen molar-refractivity contribution in [3.05, 3.63) is 62.9 Å². The van der Waals surface area contributed by atoms with Gasteiger partial charge in [0.1, 0.15) is 5.82 Å². The van der Waals surface area contributed by atoms with Crippen LogP contribution in [0.2, 0.25) is 5.02 Å². The predicted octanol–water partition coefficient (Wildman–Crippen LogP) is 4.67. The van der Waals surface area contributed by atoms with E-state index in [2.05, 4.69) is 21.9 Å². The summed E-state index contributed by atoms with van der Waals surface area (Å²) in [6, 6.07) is 11.7. The standard InChI is InChI=1S/C17H14ClN3OS2/c1-10-15-16(13-7-4-8-23-13)24-9-14(22)19-17(15)21(20-10)12-6-3-2-5-11(12)18/h2-8,16H,9H2,1H3,(H,19,22)/t16-/m1/s1. The van der Waals surface area contributed by atoms with E-state index in [1.165, 1.54) is 4.88 Å². The maximum absolute atomic E-state index is 12.2. The average molecular weight is 376 g/mol. The Labute approximate surface area is 152 Å². The van der Waals surface area contributed by atoms with Crippen molar-refractivity contribution in [1.29, 1.82) is 0 Å². The first-order chi connectivity index (χ1) is 11.6. The van der Waals surface area contributed by atoms with Crippen LogP contribution in [0.1, 0.15) is 21.4 Å². The van der Waals surface area contributed by atoms with Crippen molar-refractivity contribution < 1.29 is 4.79 Å². The zero-order valence-electron chi connectivity index (χ0n) is 12.8. The molecule has 4 rings (SSSR count). The minimum absolute atomic E-state index is 0.0199. The molecule has 0 spiro atoms. The van der Waals surface area contributed by atoms with Crippen LogP contribution < -0.4 is 5.32 Å². The van der Waals surface area contributed by atoms with Crippen LogP contribution in [-0.4, -0.2) is 21.4 Å². The quantitative estimate of drug-likeness (QED) is 0.708. The maximum atomic E-state index is 12.2. The summed E-state index contributed by atoms with van der Waals surface area (Å²) in [6.07, 6.45) is 0. The molecular weight excluding hydrogens is 362 g/mol. The fourth-order valence-corrected chi connectivity index (χ4v) is 5.23. The van der Waals surface area contributed by atoms with E-state index in [0.717, 1.165) is 16.9 Å². The van der Waals surface area contributed by atoms with Gasteiger partial charge in [0.15, 0.2) is 0 Å². The zero-order valence-corrected chi connectivity index (χ0v) is 15.2. The third kappa shape index (κ3) is 2.64. The molecule has 24 heavy (non-hydrogen) atoms. The molecule has 0 bridgehead atoms. The number of hydrogen-bond donors (Lipinski definition) is 1. The van der Waals surface area contributed by atoms with Crippen molar-refractivity contribution in [1.82, 2.24) is 9.78 Å². The largest absolute Gasteiger partial charge is 0.310 e. The Bertz CT molecular complexity index is 905. The lowest BCUT2D eigenvalue weighted by atomic mass is 10.1. The van der Waals surface area contributed by atoms with Gasteiger partial charge >= 0.3 is 0 Å². The van der Waals surface area contributed by atoms with Crippen molar-refractivity contribution >= 4 is 46.4 Å². The molecule has 1 atom stereocenters. The van der Waals surface area contributed by atoms with Crippen LogP contribution in [0.4, 0.5) is 5.82 Å². The summed E-state index contributed by atoms with van der Waals surface area (Å²) in [5.74, 6) is 1.11. The lowest BCUT2D eigenvalue weighted by Crippen LogP contribution is -2.16. The first kappa shape index (κ1) is 15.7. The molecule has 3 aromatic rings. The maximum Gasteiger partial charge on any atom is 0.235 e. The second-order valence-corrected chi connectivity index (χ2v) is 7.95. The average Bonchev–Trinajstić information content (AvgIpc) is 3.15. The van der Waals surface area contributed by atoms with Gasteiger partial charge in [0.25, 0.3) is 0 Å². The number of halogens is 1. The van der Waals surface area contributed by atoms with Gasteiger partial charge in [-0.05, 0) is 30.5 Å².